The Kier molecular flexibility index (Phi) is 3.20. The Hall–Kier alpha value is -0.840. The molecule has 3 rings (SSSR count). The molecule has 1 saturated heterocycles. The first-order valence-corrected chi connectivity index (χ1v) is 7.29. The molecule has 1 aliphatic heterocycles. The molecular weight excluding hydrogens is 280 g/mol. The summed E-state index contributed by atoms with van der Waals surface area (Å²) in [7, 11) is 0. The van der Waals surface area contributed by atoms with Gasteiger partial charge in [-0.05, 0) is 51.0 Å². The number of aromatic nitrogens is 2. The fourth-order valence-corrected chi connectivity index (χ4v) is 3.52. The van der Waals surface area contributed by atoms with Crippen molar-refractivity contribution in [2.75, 3.05) is 6.61 Å². The minimum absolute atomic E-state index is 0.109. The van der Waals surface area contributed by atoms with Crippen LogP contribution in [0.3, 0.4) is 0 Å². The van der Waals surface area contributed by atoms with Crippen LogP contribution in [0.25, 0.3) is 11.0 Å². The molecule has 0 aliphatic carbocycles. The van der Waals surface area contributed by atoms with Crippen LogP contribution in [-0.4, -0.2) is 21.8 Å². The van der Waals surface area contributed by atoms with Crippen LogP contribution in [0, 0.1) is 4.77 Å². The van der Waals surface area contributed by atoms with Crippen LogP contribution >= 0.6 is 23.8 Å². The van der Waals surface area contributed by atoms with Gasteiger partial charge in [-0.25, -0.2) is 0 Å². The molecule has 0 radical (unpaired) electrons. The van der Waals surface area contributed by atoms with Gasteiger partial charge >= 0.3 is 0 Å². The Bertz CT molecular complexity index is 674. The van der Waals surface area contributed by atoms with E-state index in [1.807, 2.05) is 18.2 Å². The highest BCUT2D eigenvalue weighted by molar-refractivity contribution is 7.71. The summed E-state index contributed by atoms with van der Waals surface area (Å²) in [6.45, 7) is 5.01. The summed E-state index contributed by atoms with van der Waals surface area (Å²) in [6, 6.07) is 6.20. The number of fused-ring (bicyclic) bond motifs is 1. The lowest BCUT2D eigenvalue weighted by Gasteiger charge is -2.36. The van der Waals surface area contributed by atoms with Gasteiger partial charge in [0.2, 0.25) is 0 Å². The molecule has 3 nitrogen and oxygen atoms in total. The van der Waals surface area contributed by atoms with E-state index >= 15 is 0 Å². The molecule has 1 aromatic heterocycles. The van der Waals surface area contributed by atoms with Crippen LogP contribution in [0.5, 0.6) is 0 Å². The van der Waals surface area contributed by atoms with Crippen LogP contribution in [0.4, 0.5) is 0 Å². The van der Waals surface area contributed by atoms with E-state index in [1.54, 1.807) is 0 Å². The second-order valence-electron chi connectivity index (χ2n) is 5.69. The van der Waals surface area contributed by atoms with Crippen LogP contribution in [0.2, 0.25) is 5.02 Å². The van der Waals surface area contributed by atoms with Gasteiger partial charge in [0.15, 0.2) is 4.77 Å². The summed E-state index contributed by atoms with van der Waals surface area (Å²) >= 11 is 11.8. The molecule has 1 N–H and O–H groups in total. The highest BCUT2D eigenvalue weighted by Crippen LogP contribution is 2.35. The zero-order valence-electron chi connectivity index (χ0n) is 11.1. The van der Waals surface area contributed by atoms with Crippen molar-refractivity contribution in [1.82, 2.24) is 9.55 Å². The number of rotatable bonds is 1. The topological polar surface area (TPSA) is 29.9 Å². The van der Waals surface area contributed by atoms with Gasteiger partial charge in [-0.2, -0.15) is 0 Å². The Morgan fingerprint density at radius 3 is 3.00 bits per heavy atom. The van der Waals surface area contributed by atoms with E-state index in [0.29, 0.717) is 6.04 Å². The van der Waals surface area contributed by atoms with Crippen molar-refractivity contribution in [3.8, 4) is 0 Å². The molecule has 1 aromatic carbocycles. The van der Waals surface area contributed by atoms with Crippen molar-refractivity contribution < 1.29 is 4.74 Å². The lowest BCUT2D eigenvalue weighted by Crippen LogP contribution is -2.35. The molecule has 1 atom stereocenters. The zero-order chi connectivity index (χ0) is 13.6. The molecular formula is C14H17ClN2OS. The van der Waals surface area contributed by atoms with E-state index in [4.69, 9.17) is 28.6 Å². The third-order valence-electron chi connectivity index (χ3n) is 3.72. The molecule has 0 saturated carbocycles. The number of imidazole rings is 1. The molecule has 0 spiro atoms. The van der Waals surface area contributed by atoms with Gasteiger partial charge in [0.25, 0.3) is 0 Å². The Labute approximate surface area is 122 Å². The SMILES string of the molecule is CC1(C)CC(n2c(=S)[nH]c3cccc(Cl)c32)CCO1. The number of para-hydroxylation sites is 1. The van der Waals surface area contributed by atoms with Crippen molar-refractivity contribution in [2.45, 2.75) is 38.3 Å². The van der Waals surface area contributed by atoms with Gasteiger partial charge in [-0.3, -0.25) is 0 Å². The van der Waals surface area contributed by atoms with Gasteiger partial charge in [0, 0.05) is 12.6 Å². The molecule has 1 fully saturated rings. The quantitative estimate of drug-likeness (QED) is 0.786. The largest absolute Gasteiger partial charge is 0.375 e. The maximum absolute atomic E-state index is 6.35. The van der Waals surface area contributed by atoms with E-state index in [0.717, 1.165) is 40.3 Å². The zero-order valence-corrected chi connectivity index (χ0v) is 12.6. The Morgan fingerprint density at radius 2 is 2.26 bits per heavy atom. The number of ether oxygens (including phenoxy) is 1. The number of hydrogen-bond acceptors (Lipinski definition) is 2. The highest BCUT2D eigenvalue weighted by atomic mass is 35.5. The van der Waals surface area contributed by atoms with Crippen molar-refractivity contribution in [2.24, 2.45) is 0 Å². The Balaban J connectivity index is 2.15. The van der Waals surface area contributed by atoms with Crippen LogP contribution in [-0.2, 0) is 4.74 Å². The summed E-state index contributed by atoms with van der Waals surface area (Å²) in [5.41, 5.74) is 1.90. The predicted molar refractivity (Wildman–Crippen MR) is 80.4 cm³/mol. The molecule has 2 aromatic rings. The maximum Gasteiger partial charge on any atom is 0.178 e. The molecule has 5 heteroatoms. The minimum Gasteiger partial charge on any atom is -0.375 e. The number of aromatic amines is 1. The Morgan fingerprint density at radius 1 is 1.47 bits per heavy atom. The van der Waals surface area contributed by atoms with E-state index in [2.05, 4.69) is 23.4 Å². The molecule has 2 heterocycles. The second-order valence-corrected chi connectivity index (χ2v) is 6.48. The van der Waals surface area contributed by atoms with E-state index in [1.165, 1.54) is 0 Å². The summed E-state index contributed by atoms with van der Waals surface area (Å²) in [5, 5.41) is 0.745. The van der Waals surface area contributed by atoms with Crippen LogP contribution < -0.4 is 0 Å². The molecule has 0 bridgehead atoms. The lowest BCUT2D eigenvalue weighted by molar-refractivity contribution is -0.0687. The first kappa shape index (κ1) is 13.2. The van der Waals surface area contributed by atoms with Gasteiger partial charge in [0.05, 0.1) is 21.7 Å². The fraction of sp³-hybridized carbons (Fsp3) is 0.500. The maximum atomic E-state index is 6.35. The first-order valence-electron chi connectivity index (χ1n) is 6.51. The van der Waals surface area contributed by atoms with Crippen molar-refractivity contribution in [3.05, 3.63) is 28.0 Å². The normalized spacial score (nSPS) is 22.8. The monoisotopic (exact) mass is 296 g/mol. The molecule has 19 heavy (non-hydrogen) atoms. The van der Waals surface area contributed by atoms with Crippen molar-refractivity contribution in [1.29, 1.82) is 0 Å². The van der Waals surface area contributed by atoms with Crippen LogP contribution in [0.1, 0.15) is 32.7 Å². The molecule has 0 amide bonds. The molecule has 102 valence electrons. The third kappa shape index (κ3) is 2.33. The third-order valence-corrected chi connectivity index (χ3v) is 4.33. The average Bonchev–Trinajstić information content (AvgIpc) is 2.65. The van der Waals surface area contributed by atoms with Gasteiger partial charge in [-0.15, -0.1) is 0 Å². The second kappa shape index (κ2) is 4.62. The number of halogens is 1. The summed E-state index contributed by atoms with van der Waals surface area (Å²) < 4.78 is 8.69. The highest BCUT2D eigenvalue weighted by Gasteiger charge is 2.31. The van der Waals surface area contributed by atoms with Gasteiger partial charge in [0.1, 0.15) is 0 Å². The van der Waals surface area contributed by atoms with Gasteiger partial charge in [-0.1, -0.05) is 17.7 Å². The van der Waals surface area contributed by atoms with Crippen molar-refractivity contribution in [3.63, 3.8) is 0 Å². The number of H-pyrrole nitrogens is 1. The number of benzene rings is 1. The van der Waals surface area contributed by atoms with Crippen LogP contribution in [0.15, 0.2) is 18.2 Å². The molecule has 1 unspecified atom stereocenters. The lowest BCUT2D eigenvalue weighted by atomic mass is 9.93. The summed E-state index contributed by atoms with van der Waals surface area (Å²) in [4.78, 5) is 3.25. The van der Waals surface area contributed by atoms with Gasteiger partial charge < -0.3 is 14.3 Å². The minimum atomic E-state index is -0.109. The summed E-state index contributed by atoms with van der Waals surface area (Å²) in [5.74, 6) is 0. The van der Waals surface area contributed by atoms with E-state index in [9.17, 15) is 0 Å². The van der Waals surface area contributed by atoms with Crippen molar-refractivity contribution >= 4 is 34.9 Å². The smallest absolute Gasteiger partial charge is 0.178 e. The van der Waals surface area contributed by atoms with E-state index in [-0.39, 0.29) is 5.60 Å². The molecule has 1 aliphatic rings. The standard InChI is InChI=1S/C14H17ClN2OS/c1-14(2)8-9(6-7-18-14)17-12-10(15)4-3-5-11(12)16-13(17)19/h3-5,9H,6-8H2,1-2H3,(H,16,19). The number of hydrogen-bond donors (Lipinski definition) is 1. The summed E-state index contributed by atoms with van der Waals surface area (Å²) in [6.07, 6.45) is 1.91. The average molecular weight is 297 g/mol. The number of nitrogens with zero attached hydrogens (tertiary/aromatic N) is 1. The predicted octanol–water partition coefficient (Wildman–Crippen LogP) is 4.48. The first-order chi connectivity index (χ1) is 8.98. The fourth-order valence-electron chi connectivity index (χ4n) is 2.91. The van der Waals surface area contributed by atoms with E-state index < -0.39 is 0 Å². The number of nitrogens with one attached hydrogen (secondary N) is 1.